The van der Waals surface area contributed by atoms with Gasteiger partial charge in [-0.2, -0.15) is 0 Å². The van der Waals surface area contributed by atoms with E-state index in [1.807, 2.05) is 44.2 Å². The first-order chi connectivity index (χ1) is 21.3. The predicted molar refractivity (Wildman–Crippen MR) is 168 cm³/mol. The lowest BCUT2D eigenvalue weighted by molar-refractivity contribution is -0.122. The average molecular weight is 591 g/mol. The number of barbiturate groups is 1. The largest absolute Gasteiger partial charge is 0.490 e. The first-order valence-corrected chi connectivity index (χ1v) is 15.8. The van der Waals surface area contributed by atoms with Crippen molar-refractivity contribution < 1.29 is 23.9 Å². The third kappa shape index (κ3) is 5.29. The molecule has 0 atom stereocenters. The maximum Gasteiger partial charge on any atom is 0.335 e. The lowest BCUT2D eigenvalue weighted by Gasteiger charge is -2.57. The Hall–Kier alpha value is -4.39. The topological polar surface area (TPSA) is 84.9 Å². The van der Waals surface area contributed by atoms with Gasteiger partial charge in [0.1, 0.15) is 12.2 Å². The van der Waals surface area contributed by atoms with E-state index in [0.29, 0.717) is 36.0 Å². The second-order valence-corrected chi connectivity index (χ2v) is 13.1. The first kappa shape index (κ1) is 28.4. The highest BCUT2D eigenvalue weighted by Crippen LogP contribution is 2.60. The molecule has 0 unspecified atom stereocenters. The summed E-state index contributed by atoms with van der Waals surface area (Å²) in [6.45, 7) is 4.71. The Bertz CT molecular complexity index is 1620. The number of imide groups is 2. The molecule has 5 fully saturated rings. The minimum absolute atomic E-state index is 0.120. The Morgan fingerprint density at radius 2 is 1.57 bits per heavy atom. The van der Waals surface area contributed by atoms with Gasteiger partial charge in [-0.25, -0.2) is 9.69 Å². The molecule has 1 saturated heterocycles. The number of aryl methyl sites for hydroxylation is 1. The minimum atomic E-state index is -0.741. The van der Waals surface area contributed by atoms with Crippen LogP contribution in [0.3, 0.4) is 0 Å². The van der Waals surface area contributed by atoms with Crippen molar-refractivity contribution in [2.24, 2.45) is 17.8 Å². The standard InChI is InChI=1S/C37H38N2O5/c1-3-43-33-18-24(7-12-32(33)44-22-25-6-4-5-23(2)13-25)17-31-34(40)38-36(42)39(35(31)41)30-10-8-29(9-11-30)37-19-26-14-27(20-37)16-28(15-26)21-37/h4-13,17-18,26-28H,3,14-16,19-22H2,1-2H3,(H,38,40,42)/b31-17+. The van der Waals surface area contributed by atoms with Crippen molar-refractivity contribution in [2.75, 3.05) is 11.5 Å². The molecule has 0 spiro atoms. The van der Waals surface area contributed by atoms with Gasteiger partial charge in [-0.1, -0.05) is 48.0 Å². The fraction of sp³-hybridized carbons (Fsp3) is 0.378. The van der Waals surface area contributed by atoms with Crippen LogP contribution in [0.25, 0.3) is 6.08 Å². The smallest absolute Gasteiger partial charge is 0.335 e. The van der Waals surface area contributed by atoms with Crippen LogP contribution < -0.4 is 19.7 Å². The molecule has 44 heavy (non-hydrogen) atoms. The van der Waals surface area contributed by atoms with Crippen LogP contribution >= 0.6 is 0 Å². The average Bonchev–Trinajstić information content (AvgIpc) is 2.99. The van der Waals surface area contributed by atoms with Crippen LogP contribution in [0.4, 0.5) is 10.5 Å². The maximum absolute atomic E-state index is 13.6. The highest BCUT2D eigenvalue weighted by atomic mass is 16.5. The van der Waals surface area contributed by atoms with Gasteiger partial charge in [-0.05, 0) is 123 Å². The number of nitrogens with one attached hydrogen (secondary N) is 1. The van der Waals surface area contributed by atoms with Gasteiger partial charge in [0.15, 0.2) is 11.5 Å². The number of amides is 4. The number of carbonyl (C=O) groups is 3. The molecule has 1 aliphatic heterocycles. The second kappa shape index (κ2) is 11.3. The SMILES string of the molecule is CCOc1cc(/C=C2\C(=O)NC(=O)N(c3ccc(C45CC6CC(CC(C6)C4)C5)cc3)C2=O)ccc1OCc1cccc(C)c1. The zero-order valence-corrected chi connectivity index (χ0v) is 25.3. The third-order valence-electron chi connectivity index (χ3n) is 9.93. The Balaban J connectivity index is 1.12. The Kier molecular flexibility index (Phi) is 7.27. The number of carbonyl (C=O) groups excluding carboxylic acids is 3. The molecule has 0 aromatic heterocycles. The molecule has 4 bridgehead atoms. The fourth-order valence-corrected chi connectivity index (χ4v) is 8.45. The van der Waals surface area contributed by atoms with Crippen LogP contribution in [0.5, 0.6) is 11.5 Å². The van der Waals surface area contributed by atoms with E-state index in [0.717, 1.165) is 33.8 Å². The third-order valence-corrected chi connectivity index (χ3v) is 9.93. The molecule has 1 heterocycles. The van der Waals surface area contributed by atoms with Crippen molar-refractivity contribution in [2.45, 2.75) is 64.4 Å². The van der Waals surface area contributed by atoms with E-state index in [1.54, 1.807) is 18.2 Å². The summed E-state index contributed by atoms with van der Waals surface area (Å²) in [7, 11) is 0. The molecule has 3 aromatic rings. The first-order valence-electron chi connectivity index (χ1n) is 15.8. The number of hydrogen-bond acceptors (Lipinski definition) is 5. The quantitative estimate of drug-likeness (QED) is 0.223. The van der Waals surface area contributed by atoms with Crippen LogP contribution in [0.15, 0.2) is 72.3 Å². The Morgan fingerprint density at radius 1 is 0.864 bits per heavy atom. The highest BCUT2D eigenvalue weighted by molar-refractivity contribution is 6.39. The van der Waals surface area contributed by atoms with Crippen LogP contribution in [0, 0.1) is 24.7 Å². The number of nitrogens with zero attached hydrogens (tertiary/aromatic N) is 1. The van der Waals surface area contributed by atoms with Crippen LogP contribution in [0.1, 0.15) is 67.7 Å². The van der Waals surface area contributed by atoms with E-state index in [4.69, 9.17) is 9.47 Å². The summed E-state index contributed by atoms with van der Waals surface area (Å²) in [6, 6.07) is 20.5. The Morgan fingerprint density at radius 3 is 2.23 bits per heavy atom. The lowest BCUT2D eigenvalue weighted by atomic mass is 9.48. The van der Waals surface area contributed by atoms with Gasteiger partial charge in [0.05, 0.1) is 12.3 Å². The molecular formula is C37H38N2O5. The predicted octanol–water partition coefficient (Wildman–Crippen LogP) is 7.11. The molecule has 5 aliphatic rings. The number of urea groups is 1. The van der Waals surface area contributed by atoms with Crippen molar-refractivity contribution >= 4 is 29.6 Å². The van der Waals surface area contributed by atoms with Crippen LogP contribution in [-0.4, -0.2) is 24.5 Å². The minimum Gasteiger partial charge on any atom is -0.490 e. The lowest BCUT2D eigenvalue weighted by Crippen LogP contribution is -2.54. The molecule has 8 rings (SSSR count). The summed E-state index contributed by atoms with van der Waals surface area (Å²) in [5.41, 5.74) is 4.64. The zero-order chi connectivity index (χ0) is 30.4. The van der Waals surface area contributed by atoms with Gasteiger partial charge in [0, 0.05) is 0 Å². The molecular weight excluding hydrogens is 552 g/mol. The van der Waals surface area contributed by atoms with Gasteiger partial charge in [-0.15, -0.1) is 0 Å². The highest BCUT2D eigenvalue weighted by Gasteiger charge is 2.51. The maximum atomic E-state index is 13.6. The molecule has 3 aromatic carbocycles. The summed E-state index contributed by atoms with van der Waals surface area (Å²) in [6.07, 6.45) is 9.33. The van der Waals surface area contributed by atoms with Crippen molar-refractivity contribution in [3.63, 3.8) is 0 Å². The molecule has 226 valence electrons. The number of benzene rings is 3. The summed E-state index contributed by atoms with van der Waals surface area (Å²) < 4.78 is 11.9. The van der Waals surface area contributed by atoms with E-state index >= 15 is 0 Å². The zero-order valence-electron chi connectivity index (χ0n) is 25.3. The van der Waals surface area contributed by atoms with E-state index < -0.39 is 17.8 Å². The van der Waals surface area contributed by atoms with E-state index in [1.165, 1.54) is 50.2 Å². The van der Waals surface area contributed by atoms with Crippen molar-refractivity contribution in [1.82, 2.24) is 5.32 Å². The summed E-state index contributed by atoms with van der Waals surface area (Å²) in [4.78, 5) is 40.5. The summed E-state index contributed by atoms with van der Waals surface area (Å²) >= 11 is 0. The fourth-order valence-electron chi connectivity index (χ4n) is 8.45. The number of hydrogen-bond donors (Lipinski definition) is 1. The van der Waals surface area contributed by atoms with Gasteiger partial charge >= 0.3 is 6.03 Å². The number of ether oxygens (including phenoxy) is 2. The summed E-state index contributed by atoms with van der Waals surface area (Å²) in [5.74, 6) is 2.17. The summed E-state index contributed by atoms with van der Waals surface area (Å²) in [5, 5.41) is 2.35. The van der Waals surface area contributed by atoms with Crippen molar-refractivity contribution in [1.29, 1.82) is 0 Å². The van der Waals surface area contributed by atoms with Gasteiger partial charge in [0.25, 0.3) is 11.8 Å². The Labute approximate surface area is 258 Å². The van der Waals surface area contributed by atoms with Gasteiger partial charge < -0.3 is 9.47 Å². The van der Waals surface area contributed by atoms with E-state index in [-0.39, 0.29) is 11.0 Å². The molecule has 1 N–H and O–H groups in total. The van der Waals surface area contributed by atoms with E-state index in [2.05, 4.69) is 23.5 Å². The van der Waals surface area contributed by atoms with Crippen LogP contribution in [0.2, 0.25) is 0 Å². The molecule has 0 radical (unpaired) electrons. The van der Waals surface area contributed by atoms with Gasteiger partial charge in [-0.3, -0.25) is 14.9 Å². The second-order valence-electron chi connectivity index (χ2n) is 13.1. The monoisotopic (exact) mass is 590 g/mol. The van der Waals surface area contributed by atoms with Crippen molar-refractivity contribution in [3.05, 3.63) is 94.6 Å². The van der Waals surface area contributed by atoms with E-state index in [9.17, 15) is 14.4 Å². The molecule has 4 saturated carbocycles. The van der Waals surface area contributed by atoms with Crippen LogP contribution in [-0.2, 0) is 21.6 Å². The number of rotatable bonds is 8. The number of anilines is 1. The van der Waals surface area contributed by atoms with Crippen molar-refractivity contribution in [3.8, 4) is 11.5 Å². The normalized spacial score (nSPS) is 26.7. The molecule has 7 heteroatoms. The molecule has 4 aliphatic carbocycles. The molecule has 7 nitrogen and oxygen atoms in total. The molecule has 4 amide bonds. The van der Waals surface area contributed by atoms with Gasteiger partial charge in [0.2, 0.25) is 0 Å².